The Bertz CT molecular complexity index is 444. The highest BCUT2D eigenvalue weighted by Crippen LogP contribution is 2.21. The SMILES string of the molecule is Cc1ccccc1C(N)CN1CCC(C)CCC1=O. The molecule has 1 aromatic rings. The molecule has 3 nitrogen and oxygen atoms in total. The molecule has 0 aliphatic carbocycles. The van der Waals surface area contributed by atoms with E-state index in [4.69, 9.17) is 5.73 Å². The molecule has 2 unspecified atom stereocenters. The van der Waals surface area contributed by atoms with Crippen LogP contribution in [0.15, 0.2) is 24.3 Å². The third-order valence-electron chi connectivity index (χ3n) is 4.10. The van der Waals surface area contributed by atoms with Gasteiger partial charge in [-0.3, -0.25) is 4.79 Å². The van der Waals surface area contributed by atoms with Crippen molar-refractivity contribution in [2.75, 3.05) is 13.1 Å². The minimum Gasteiger partial charge on any atom is -0.341 e. The fraction of sp³-hybridized carbons (Fsp3) is 0.562. The van der Waals surface area contributed by atoms with Crippen LogP contribution in [0.1, 0.15) is 43.4 Å². The van der Waals surface area contributed by atoms with Crippen molar-refractivity contribution in [3.05, 3.63) is 35.4 Å². The Hall–Kier alpha value is -1.35. The Labute approximate surface area is 115 Å². The summed E-state index contributed by atoms with van der Waals surface area (Å²) in [4.78, 5) is 14.0. The predicted octanol–water partition coefficient (Wildman–Crippen LogP) is 2.64. The van der Waals surface area contributed by atoms with Crippen LogP contribution >= 0.6 is 0 Å². The molecule has 2 rings (SSSR count). The van der Waals surface area contributed by atoms with E-state index in [0.717, 1.165) is 24.9 Å². The molecule has 2 atom stereocenters. The van der Waals surface area contributed by atoms with Crippen LogP contribution in [0.25, 0.3) is 0 Å². The molecule has 1 saturated heterocycles. The molecular formula is C16H24N2O. The topological polar surface area (TPSA) is 46.3 Å². The van der Waals surface area contributed by atoms with Crippen LogP contribution in [-0.2, 0) is 4.79 Å². The van der Waals surface area contributed by atoms with Crippen LogP contribution < -0.4 is 5.73 Å². The van der Waals surface area contributed by atoms with Crippen molar-refractivity contribution in [3.63, 3.8) is 0 Å². The zero-order valence-electron chi connectivity index (χ0n) is 11.9. The number of hydrogen-bond acceptors (Lipinski definition) is 2. The molecule has 1 aliphatic rings. The Morgan fingerprint density at radius 2 is 2.11 bits per heavy atom. The summed E-state index contributed by atoms with van der Waals surface area (Å²) in [6, 6.07) is 8.07. The van der Waals surface area contributed by atoms with Gasteiger partial charge in [-0.2, -0.15) is 0 Å². The van der Waals surface area contributed by atoms with E-state index >= 15 is 0 Å². The zero-order valence-corrected chi connectivity index (χ0v) is 11.9. The van der Waals surface area contributed by atoms with Gasteiger partial charge in [0.05, 0.1) is 0 Å². The van der Waals surface area contributed by atoms with Crippen LogP contribution in [0.3, 0.4) is 0 Å². The lowest BCUT2D eigenvalue weighted by Crippen LogP contribution is -2.37. The number of hydrogen-bond donors (Lipinski definition) is 1. The summed E-state index contributed by atoms with van der Waals surface area (Å²) in [6.45, 7) is 5.77. The van der Waals surface area contributed by atoms with Gasteiger partial charge in [0.2, 0.25) is 5.91 Å². The molecule has 0 saturated carbocycles. The molecule has 0 radical (unpaired) electrons. The Balaban J connectivity index is 2.03. The summed E-state index contributed by atoms with van der Waals surface area (Å²) in [7, 11) is 0. The lowest BCUT2D eigenvalue weighted by Gasteiger charge is -2.25. The van der Waals surface area contributed by atoms with Gasteiger partial charge in [-0.25, -0.2) is 0 Å². The van der Waals surface area contributed by atoms with Gasteiger partial charge in [0.1, 0.15) is 0 Å². The molecule has 19 heavy (non-hydrogen) atoms. The minimum absolute atomic E-state index is 0.0847. The fourth-order valence-electron chi connectivity index (χ4n) is 2.70. The van der Waals surface area contributed by atoms with E-state index in [0.29, 0.717) is 18.9 Å². The number of amides is 1. The summed E-state index contributed by atoms with van der Waals surface area (Å²) >= 11 is 0. The quantitative estimate of drug-likeness (QED) is 0.908. The first kappa shape index (κ1) is 14.1. The monoisotopic (exact) mass is 260 g/mol. The fourth-order valence-corrected chi connectivity index (χ4v) is 2.70. The van der Waals surface area contributed by atoms with Crippen molar-refractivity contribution in [1.82, 2.24) is 4.90 Å². The first-order chi connectivity index (χ1) is 9.08. The molecule has 3 heteroatoms. The average molecular weight is 260 g/mol. The third kappa shape index (κ3) is 3.57. The van der Waals surface area contributed by atoms with E-state index in [1.807, 2.05) is 17.0 Å². The lowest BCUT2D eigenvalue weighted by atomic mass is 10.0. The second-order valence-electron chi connectivity index (χ2n) is 5.74. The van der Waals surface area contributed by atoms with Gasteiger partial charge in [-0.1, -0.05) is 31.2 Å². The van der Waals surface area contributed by atoms with Gasteiger partial charge < -0.3 is 10.6 Å². The van der Waals surface area contributed by atoms with Crippen molar-refractivity contribution in [2.24, 2.45) is 11.7 Å². The van der Waals surface area contributed by atoms with E-state index in [2.05, 4.69) is 26.0 Å². The standard InChI is InChI=1S/C16H24N2O/c1-12-7-8-16(19)18(10-9-12)11-15(17)14-6-4-3-5-13(14)2/h3-6,12,15H,7-11,17H2,1-2H3. The first-order valence-electron chi connectivity index (χ1n) is 7.17. The maximum atomic E-state index is 12.1. The van der Waals surface area contributed by atoms with Gasteiger partial charge in [0.15, 0.2) is 0 Å². The zero-order chi connectivity index (χ0) is 13.8. The summed E-state index contributed by atoms with van der Waals surface area (Å²) in [5.41, 5.74) is 8.63. The molecule has 104 valence electrons. The van der Waals surface area contributed by atoms with Gasteiger partial charge >= 0.3 is 0 Å². The predicted molar refractivity (Wildman–Crippen MR) is 77.7 cm³/mol. The summed E-state index contributed by atoms with van der Waals surface area (Å²) in [6.07, 6.45) is 2.77. The summed E-state index contributed by atoms with van der Waals surface area (Å²) < 4.78 is 0. The van der Waals surface area contributed by atoms with Crippen LogP contribution in [-0.4, -0.2) is 23.9 Å². The van der Waals surface area contributed by atoms with E-state index in [1.165, 1.54) is 5.56 Å². The number of rotatable bonds is 3. The van der Waals surface area contributed by atoms with E-state index < -0.39 is 0 Å². The molecule has 2 N–H and O–H groups in total. The van der Waals surface area contributed by atoms with Crippen LogP contribution in [0.2, 0.25) is 0 Å². The maximum absolute atomic E-state index is 12.1. The van der Waals surface area contributed by atoms with Crippen molar-refractivity contribution in [1.29, 1.82) is 0 Å². The van der Waals surface area contributed by atoms with E-state index in [-0.39, 0.29) is 11.9 Å². The number of aryl methyl sites for hydroxylation is 1. The first-order valence-corrected chi connectivity index (χ1v) is 7.17. The number of nitrogens with zero attached hydrogens (tertiary/aromatic N) is 1. The van der Waals surface area contributed by atoms with Crippen LogP contribution in [0, 0.1) is 12.8 Å². The number of benzene rings is 1. The summed E-state index contributed by atoms with van der Waals surface area (Å²) in [5.74, 6) is 0.900. The molecule has 0 bridgehead atoms. The number of nitrogens with two attached hydrogens (primary N) is 1. The van der Waals surface area contributed by atoms with Gasteiger partial charge in [0, 0.05) is 25.6 Å². The molecule has 1 amide bonds. The molecular weight excluding hydrogens is 236 g/mol. The molecule has 1 fully saturated rings. The van der Waals surface area contributed by atoms with E-state index in [9.17, 15) is 4.79 Å². The second-order valence-corrected chi connectivity index (χ2v) is 5.74. The van der Waals surface area contributed by atoms with Gasteiger partial charge in [0.25, 0.3) is 0 Å². The van der Waals surface area contributed by atoms with Crippen LogP contribution in [0.4, 0.5) is 0 Å². The number of carbonyl (C=O) groups is 1. The molecule has 1 aliphatic heterocycles. The molecule has 1 aromatic carbocycles. The minimum atomic E-state index is -0.0847. The highest BCUT2D eigenvalue weighted by molar-refractivity contribution is 5.76. The highest BCUT2D eigenvalue weighted by atomic mass is 16.2. The molecule has 0 spiro atoms. The van der Waals surface area contributed by atoms with Gasteiger partial charge in [-0.05, 0) is 36.8 Å². The van der Waals surface area contributed by atoms with Crippen molar-refractivity contribution >= 4 is 5.91 Å². The Morgan fingerprint density at radius 3 is 2.84 bits per heavy atom. The number of likely N-dealkylation sites (tertiary alicyclic amines) is 1. The van der Waals surface area contributed by atoms with Crippen molar-refractivity contribution < 1.29 is 4.79 Å². The maximum Gasteiger partial charge on any atom is 0.222 e. The Kier molecular flexibility index (Phi) is 4.59. The molecule has 0 aromatic heterocycles. The number of carbonyl (C=O) groups excluding carboxylic acids is 1. The third-order valence-corrected chi connectivity index (χ3v) is 4.10. The lowest BCUT2D eigenvalue weighted by molar-refractivity contribution is -0.130. The Morgan fingerprint density at radius 1 is 1.37 bits per heavy atom. The van der Waals surface area contributed by atoms with Crippen LogP contribution in [0.5, 0.6) is 0 Å². The largest absolute Gasteiger partial charge is 0.341 e. The normalized spacial score (nSPS) is 22.2. The summed E-state index contributed by atoms with van der Waals surface area (Å²) in [5, 5.41) is 0. The average Bonchev–Trinajstić information content (AvgIpc) is 2.54. The van der Waals surface area contributed by atoms with Gasteiger partial charge in [-0.15, -0.1) is 0 Å². The van der Waals surface area contributed by atoms with E-state index in [1.54, 1.807) is 0 Å². The molecule has 1 heterocycles. The second kappa shape index (κ2) is 6.20. The highest BCUT2D eigenvalue weighted by Gasteiger charge is 2.22. The van der Waals surface area contributed by atoms with Crippen molar-refractivity contribution in [2.45, 2.75) is 39.2 Å². The van der Waals surface area contributed by atoms with Crippen molar-refractivity contribution in [3.8, 4) is 0 Å². The smallest absolute Gasteiger partial charge is 0.222 e.